The summed E-state index contributed by atoms with van der Waals surface area (Å²) in [5.41, 5.74) is 14.0. The Morgan fingerprint density at radius 2 is 1.71 bits per heavy atom. The molecule has 0 radical (unpaired) electrons. The maximum atomic E-state index is 5.76. The molecule has 1 heterocycles. The molecular weight excluding hydrogens is 258 g/mol. The molecule has 3 aromatic rings. The van der Waals surface area contributed by atoms with Crippen LogP contribution in [-0.4, -0.2) is 9.97 Å². The van der Waals surface area contributed by atoms with E-state index in [0.29, 0.717) is 5.95 Å². The largest absolute Gasteiger partial charge is 0.368 e. The number of rotatable bonds is 1. The molecule has 0 atom stereocenters. The molecule has 1 aliphatic carbocycles. The van der Waals surface area contributed by atoms with Gasteiger partial charge >= 0.3 is 0 Å². The summed E-state index contributed by atoms with van der Waals surface area (Å²) in [6, 6.07) is 17.1. The maximum absolute atomic E-state index is 5.76. The molecule has 102 valence electrons. The second-order valence-electron chi connectivity index (χ2n) is 5.46. The summed E-state index contributed by atoms with van der Waals surface area (Å²) in [4.78, 5) is 8.48. The molecule has 0 saturated heterocycles. The second kappa shape index (κ2) is 4.42. The van der Waals surface area contributed by atoms with Crippen molar-refractivity contribution in [2.45, 2.75) is 13.3 Å². The van der Waals surface area contributed by atoms with Gasteiger partial charge in [0.1, 0.15) is 0 Å². The van der Waals surface area contributed by atoms with Crippen molar-refractivity contribution in [3.05, 3.63) is 65.4 Å². The van der Waals surface area contributed by atoms with Gasteiger partial charge in [0.15, 0.2) is 0 Å². The van der Waals surface area contributed by atoms with Crippen molar-refractivity contribution in [2.24, 2.45) is 0 Å². The molecule has 3 nitrogen and oxygen atoms in total. The van der Waals surface area contributed by atoms with Gasteiger partial charge in [0.25, 0.3) is 0 Å². The Kier molecular flexibility index (Phi) is 2.54. The predicted octanol–water partition coefficient (Wildman–Crippen LogP) is 3.61. The third-order valence-electron chi connectivity index (χ3n) is 3.96. The molecule has 4 rings (SSSR count). The molecule has 21 heavy (non-hydrogen) atoms. The van der Waals surface area contributed by atoms with E-state index in [0.717, 1.165) is 23.4 Å². The van der Waals surface area contributed by atoms with Gasteiger partial charge in [0.05, 0.1) is 5.69 Å². The smallest absolute Gasteiger partial charge is 0.220 e. The highest BCUT2D eigenvalue weighted by molar-refractivity contribution is 5.79. The highest BCUT2D eigenvalue weighted by Gasteiger charge is 2.18. The van der Waals surface area contributed by atoms with Crippen molar-refractivity contribution < 1.29 is 0 Å². The first-order chi connectivity index (χ1) is 10.2. The summed E-state index contributed by atoms with van der Waals surface area (Å²) < 4.78 is 0. The first-order valence-electron chi connectivity index (χ1n) is 7.03. The third kappa shape index (κ3) is 1.98. The van der Waals surface area contributed by atoms with Crippen molar-refractivity contribution in [3.63, 3.8) is 0 Å². The summed E-state index contributed by atoms with van der Waals surface area (Å²) in [7, 11) is 0. The molecule has 2 aromatic carbocycles. The van der Waals surface area contributed by atoms with Crippen LogP contribution >= 0.6 is 0 Å². The number of aryl methyl sites for hydroxylation is 1. The molecule has 0 saturated carbocycles. The van der Waals surface area contributed by atoms with E-state index in [1.165, 1.54) is 22.3 Å². The average Bonchev–Trinajstić information content (AvgIpc) is 2.83. The first-order valence-corrected chi connectivity index (χ1v) is 7.03. The summed E-state index contributed by atoms with van der Waals surface area (Å²) in [5, 5.41) is 0. The number of nitrogens with two attached hydrogens (primary N) is 1. The van der Waals surface area contributed by atoms with E-state index in [1.807, 2.05) is 13.0 Å². The zero-order valence-corrected chi connectivity index (χ0v) is 11.8. The van der Waals surface area contributed by atoms with Gasteiger partial charge in [0, 0.05) is 11.3 Å². The van der Waals surface area contributed by atoms with Crippen LogP contribution in [0.15, 0.2) is 48.5 Å². The van der Waals surface area contributed by atoms with Gasteiger partial charge < -0.3 is 5.73 Å². The van der Waals surface area contributed by atoms with Crippen LogP contribution in [0.3, 0.4) is 0 Å². The lowest BCUT2D eigenvalue weighted by atomic mass is 10.0. The number of benzene rings is 2. The zero-order valence-electron chi connectivity index (χ0n) is 11.8. The summed E-state index contributed by atoms with van der Waals surface area (Å²) in [6.45, 7) is 1.94. The average molecular weight is 273 g/mol. The van der Waals surface area contributed by atoms with Gasteiger partial charge in [-0.1, -0.05) is 36.4 Å². The number of anilines is 1. The van der Waals surface area contributed by atoms with E-state index in [4.69, 9.17) is 5.73 Å². The Balaban J connectivity index is 1.83. The van der Waals surface area contributed by atoms with E-state index in [-0.39, 0.29) is 0 Å². The molecule has 0 amide bonds. The summed E-state index contributed by atoms with van der Waals surface area (Å²) >= 11 is 0. The van der Waals surface area contributed by atoms with Crippen LogP contribution in [0.5, 0.6) is 0 Å². The van der Waals surface area contributed by atoms with Gasteiger partial charge in [-0.25, -0.2) is 9.97 Å². The number of hydrogen-bond donors (Lipinski definition) is 1. The van der Waals surface area contributed by atoms with Gasteiger partial charge in [0.2, 0.25) is 5.95 Å². The van der Waals surface area contributed by atoms with E-state index in [1.54, 1.807) is 0 Å². The van der Waals surface area contributed by atoms with Crippen molar-refractivity contribution in [2.75, 3.05) is 5.73 Å². The van der Waals surface area contributed by atoms with E-state index < -0.39 is 0 Å². The van der Waals surface area contributed by atoms with Crippen molar-refractivity contribution in [1.82, 2.24) is 9.97 Å². The Morgan fingerprint density at radius 1 is 0.905 bits per heavy atom. The highest BCUT2D eigenvalue weighted by Crippen LogP contribution is 2.38. The Bertz CT molecular complexity index is 833. The number of hydrogen-bond acceptors (Lipinski definition) is 3. The lowest BCUT2D eigenvalue weighted by Gasteiger charge is -2.06. The summed E-state index contributed by atoms with van der Waals surface area (Å²) in [6.07, 6.45) is 0.985. The van der Waals surface area contributed by atoms with Crippen LogP contribution in [0.4, 0.5) is 5.95 Å². The Labute approximate surface area is 123 Å². The number of nitrogen functional groups attached to an aromatic ring is 1. The van der Waals surface area contributed by atoms with E-state index in [9.17, 15) is 0 Å². The molecule has 1 aromatic heterocycles. The van der Waals surface area contributed by atoms with Crippen LogP contribution in [0.25, 0.3) is 22.4 Å². The van der Waals surface area contributed by atoms with Crippen molar-refractivity contribution in [3.8, 4) is 22.4 Å². The fourth-order valence-electron chi connectivity index (χ4n) is 3.04. The second-order valence-corrected chi connectivity index (χ2v) is 5.46. The highest BCUT2D eigenvalue weighted by atomic mass is 15.0. The fraction of sp³-hybridized carbons (Fsp3) is 0.111. The predicted molar refractivity (Wildman–Crippen MR) is 84.9 cm³/mol. The Morgan fingerprint density at radius 3 is 2.57 bits per heavy atom. The lowest BCUT2D eigenvalue weighted by molar-refractivity contribution is 1.12. The van der Waals surface area contributed by atoms with E-state index in [2.05, 4.69) is 52.4 Å². The first kappa shape index (κ1) is 12.1. The monoisotopic (exact) mass is 273 g/mol. The van der Waals surface area contributed by atoms with Gasteiger partial charge in [-0.2, -0.15) is 0 Å². The minimum Gasteiger partial charge on any atom is -0.368 e. The van der Waals surface area contributed by atoms with Crippen LogP contribution in [0.2, 0.25) is 0 Å². The normalized spacial score (nSPS) is 12.0. The number of nitrogens with zero attached hydrogens (tertiary/aromatic N) is 2. The van der Waals surface area contributed by atoms with Crippen LogP contribution in [0, 0.1) is 6.92 Å². The molecule has 2 N–H and O–H groups in total. The quantitative estimate of drug-likeness (QED) is 0.576. The standard InChI is InChI=1S/C18H15N3/c1-11-8-17(21-18(19)20-11)13-6-7-16-14(10-13)9-12-4-2-3-5-15(12)16/h2-8,10H,9H2,1H3,(H2,19,20,21). The molecule has 0 unspecified atom stereocenters. The molecule has 0 aliphatic heterocycles. The van der Waals surface area contributed by atoms with Gasteiger partial charge in [-0.15, -0.1) is 0 Å². The van der Waals surface area contributed by atoms with Crippen LogP contribution in [0.1, 0.15) is 16.8 Å². The minimum atomic E-state index is 0.328. The van der Waals surface area contributed by atoms with Gasteiger partial charge in [-0.3, -0.25) is 0 Å². The third-order valence-corrected chi connectivity index (χ3v) is 3.96. The molecule has 0 bridgehead atoms. The van der Waals surface area contributed by atoms with E-state index >= 15 is 0 Å². The number of aromatic nitrogens is 2. The SMILES string of the molecule is Cc1cc(-c2ccc3c(c2)Cc2ccccc2-3)nc(N)n1. The van der Waals surface area contributed by atoms with Gasteiger partial charge in [-0.05, 0) is 47.7 Å². The fourth-order valence-corrected chi connectivity index (χ4v) is 3.04. The minimum absolute atomic E-state index is 0.328. The molecule has 0 fully saturated rings. The molecular formula is C18H15N3. The van der Waals surface area contributed by atoms with Crippen molar-refractivity contribution in [1.29, 1.82) is 0 Å². The lowest BCUT2D eigenvalue weighted by Crippen LogP contribution is -1.98. The van der Waals surface area contributed by atoms with Crippen LogP contribution < -0.4 is 5.73 Å². The molecule has 0 spiro atoms. The molecule has 3 heteroatoms. The van der Waals surface area contributed by atoms with Crippen molar-refractivity contribution >= 4 is 5.95 Å². The molecule has 1 aliphatic rings. The Hall–Kier alpha value is -2.68. The zero-order chi connectivity index (χ0) is 14.4. The topological polar surface area (TPSA) is 51.8 Å². The van der Waals surface area contributed by atoms with Crippen LogP contribution in [-0.2, 0) is 6.42 Å². The number of fused-ring (bicyclic) bond motifs is 3. The summed E-state index contributed by atoms with van der Waals surface area (Å²) in [5.74, 6) is 0.328. The maximum Gasteiger partial charge on any atom is 0.220 e.